The highest BCUT2D eigenvalue weighted by atomic mass is 19.1. The van der Waals surface area contributed by atoms with Crippen molar-refractivity contribution in [3.63, 3.8) is 0 Å². The molecule has 1 aromatic carbocycles. The van der Waals surface area contributed by atoms with E-state index in [4.69, 9.17) is 10.00 Å². The first-order valence-corrected chi connectivity index (χ1v) is 9.22. The minimum absolute atomic E-state index is 0.147. The van der Waals surface area contributed by atoms with E-state index < -0.39 is 5.82 Å². The van der Waals surface area contributed by atoms with Gasteiger partial charge in [0.25, 0.3) is 0 Å². The molecule has 0 saturated heterocycles. The first kappa shape index (κ1) is 20.3. The molecule has 0 spiro atoms. The molecule has 1 atom stereocenters. The second-order valence-corrected chi connectivity index (χ2v) is 6.85. The van der Waals surface area contributed by atoms with Gasteiger partial charge in [0.2, 0.25) is 5.91 Å². The highest BCUT2D eigenvalue weighted by molar-refractivity contribution is 5.76. The Kier molecular flexibility index (Phi) is 5.78. The van der Waals surface area contributed by atoms with Crippen LogP contribution in [-0.2, 0) is 11.2 Å². The van der Waals surface area contributed by atoms with Crippen molar-refractivity contribution in [3.8, 4) is 11.8 Å². The standard InChI is InChI=1S/C21H22FN5O2/c1-12(15-5-7-19(29-4)18(22)9-15)25-20(28)8-6-17-13(2)26-21-16(10-23)11-24-27(21)14(17)3/h5,7,9,11-12H,6,8H2,1-4H3,(H,25,28). The lowest BCUT2D eigenvalue weighted by atomic mass is 10.0. The third-order valence-electron chi connectivity index (χ3n) is 4.98. The number of rotatable bonds is 6. The fourth-order valence-electron chi connectivity index (χ4n) is 3.34. The lowest BCUT2D eigenvalue weighted by Gasteiger charge is -2.16. The van der Waals surface area contributed by atoms with Gasteiger partial charge in [-0.15, -0.1) is 0 Å². The van der Waals surface area contributed by atoms with E-state index in [0.717, 1.165) is 17.0 Å². The molecule has 0 aliphatic carbocycles. The first-order chi connectivity index (χ1) is 13.8. The molecule has 0 saturated carbocycles. The van der Waals surface area contributed by atoms with Gasteiger partial charge in [-0.1, -0.05) is 6.07 Å². The molecule has 0 aliphatic heterocycles. The predicted molar refractivity (Wildman–Crippen MR) is 105 cm³/mol. The summed E-state index contributed by atoms with van der Waals surface area (Å²) in [6.45, 7) is 5.55. The lowest BCUT2D eigenvalue weighted by Crippen LogP contribution is -2.27. The minimum atomic E-state index is -0.465. The van der Waals surface area contributed by atoms with Gasteiger partial charge >= 0.3 is 0 Å². The number of amides is 1. The molecule has 8 heteroatoms. The van der Waals surface area contributed by atoms with Gasteiger partial charge in [0.1, 0.15) is 11.6 Å². The molecule has 0 fully saturated rings. The van der Waals surface area contributed by atoms with Gasteiger partial charge in [0.15, 0.2) is 17.2 Å². The Morgan fingerprint density at radius 3 is 2.83 bits per heavy atom. The van der Waals surface area contributed by atoms with Crippen LogP contribution in [0.25, 0.3) is 5.65 Å². The van der Waals surface area contributed by atoms with Gasteiger partial charge < -0.3 is 10.1 Å². The first-order valence-electron chi connectivity index (χ1n) is 9.22. The van der Waals surface area contributed by atoms with Crippen molar-refractivity contribution in [2.24, 2.45) is 0 Å². The second kappa shape index (κ2) is 8.27. The molecule has 0 aliphatic rings. The number of benzene rings is 1. The molecule has 3 rings (SSSR count). The van der Waals surface area contributed by atoms with Gasteiger partial charge in [0, 0.05) is 17.8 Å². The number of carbonyl (C=O) groups is 1. The molecule has 1 amide bonds. The monoisotopic (exact) mass is 395 g/mol. The van der Waals surface area contributed by atoms with Gasteiger partial charge in [-0.05, 0) is 50.5 Å². The van der Waals surface area contributed by atoms with E-state index in [-0.39, 0.29) is 24.1 Å². The maximum atomic E-state index is 13.9. The molecule has 1 N–H and O–H groups in total. The Hall–Kier alpha value is -3.47. The molecule has 2 heterocycles. The number of aromatic nitrogens is 3. The van der Waals surface area contributed by atoms with Crippen molar-refractivity contribution in [3.05, 3.63) is 58.3 Å². The average molecular weight is 395 g/mol. The fourth-order valence-corrected chi connectivity index (χ4v) is 3.34. The number of carbonyl (C=O) groups excluding carboxylic acids is 1. The molecule has 29 heavy (non-hydrogen) atoms. The Morgan fingerprint density at radius 2 is 2.17 bits per heavy atom. The number of nitrogens with one attached hydrogen (secondary N) is 1. The van der Waals surface area contributed by atoms with Crippen LogP contribution in [0, 0.1) is 31.0 Å². The largest absolute Gasteiger partial charge is 0.494 e. The summed E-state index contributed by atoms with van der Waals surface area (Å²) in [6.07, 6.45) is 2.23. The highest BCUT2D eigenvalue weighted by Crippen LogP contribution is 2.22. The molecular weight excluding hydrogens is 373 g/mol. The smallest absolute Gasteiger partial charge is 0.220 e. The summed E-state index contributed by atoms with van der Waals surface area (Å²) in [5.41, 5.74) is 4.14. The summed E-state index contributed by atoms with van der Waals surface area (Å²) in [5.74, 6) is -0.446. The maximum Gasteiger partial charge on any atom is 0.220 e. The van der Waals surface area contributed by atoms with Crippen LogP contribution < -0.4 is 10.1 Å². The number of methoxy groups -OCH3 is 1. The van der Waals surface area contributed by atoms with E-state index in [1.165, 1.54) is 19.4 Å². The number of nitriles is 1. The Morgan fingerprint density at radius 1 is 1.41 bits per heavy atom. The van der Waals surface area contributed by atoms with Crippen LogP contribution in [0.1, 0.15) is 47.5 Å². The van der Waals surface area contributed by atoms with Crippen molar-refractivity contribution in [2.45, 2.75) is 39.7 Å². The Labute approximate surface area is 168 Å². The van der Waals surface area contributed by atoms with E-state index >= 15 is 0 Å². The third-order valence-corrected chi connectivity index (χ3v) is 4.98. The van der Waals surface area contributed by atoms with Gasteiger partial charge in [0.05, 0.1) is 19.3 Å². The quantitative estimate of drug-likeness (QED) is 0.692. The van der Waals surface area contributed by atoms with Crippen LogP contribution >= 0.6 is 0 Å². The highest BCUT2D eigenvalue weighted by Gasteiger charge is 2.16. The zero-order valence-electron chi connectivity index (χ0n) is 16.8. The minimum Gasteiger partial charge on any atom is -0.494 e. The zero-order valence-corrected chi connectivity index (χ0v) is 16.8. The predicted octanol–water partition coefficient (Wildman–Crippen LogP) is 3.18. The Bertz CT molecular complexity index is 1120. The zero-order chi connectivity index (χ0) is 21.1. The number of hydrogen-bond acceptors (Lipinski definition) is 5. The van der Waals surface area contributed by atoms with Crippen molar-refractivity contribution >= 4 is 11.6 Å². The third kappa shape index (κ3) is 4.04. The number of ether oxygens (including phenoxy) is 1. The van der Waals surface area contributed by atoms with Gasteiger partial charge in [-0.25, -0.2) is 13.9 Å². The molecular formula is C21H22FN5O2. The number of fused-ring (bicyclic) bond motifs is 1. The van der Waals surface area contributed by atoms with Crippen LogP contribution in [0.3, 0.4) is 0 Å². The van der Waals surface area contributed by atoms with E-state index in [1.54, 1.807) is 23.6 Å². The van der Waals surface area contributed by atoms with E-state index in [9.17, 15) is 9.18 Å². The number of nitrogens with zero attached hydrogens (tertiary/aromatic N) is 4. The van der Waals surface area contributed by atoms with Crippen LogP contribution in [0.2, 0.25) is 0 Å². The van der Waals surface area contributed by atoms with Crippen molar-refractivity contribution in [2.75, 3.05) is 7.11 Å². The van der Waals surface area contributed by atoms with Crippen molar-refractivity contribution < 1.29 is 13.9 Å². The molecule has 1 unspecified atom stereocenters. The lowest BCUT2D eigenvalue weighted by molar-refractivity contribution is -0.121. The summed E-state index contributed by atoms with van der Waals surface area (Å²) in [7, 11) is 1.41. The van der Waals surface area contributed by atoms with Crippen molar-refractivity contribution in [1.29, 1.82) is 5.26 Å². The van der Waals surface area contributed by atoms with Gasteiger partial charge in [-0.2, -0.15) is 10.4 Å². The normalized spacial score (nSPS) is 11.9. The number of halogens is 1. The molecule has 150 valence electrons. The van der Waals surface area contributed by atoms with Gasteiger partial charge in [-0.3, -0.25) is 4.79 Å². The van der Waals surface area contributed by atoms with E-state index in [1.807, 2.05) is 13.8 Å². The summed E-state index contributed by atoms with van der Waals surface area (Å²) >= 11 is 0. The topological polar surface area (TPSA) is 92.3 Å². The number of aryl methyl sites for hydroxylation is 2. The summed E-state index contributed by atoms with van der Waals surface area (Å²) in [6, 6.07) is 6.37. The van der Waals surface area contributed by atoms with Crippen LogP contribution in [0.15, 0.2) is 24.4 Å². The Balaban J connectivity index is 1.69. The summed E-state index contributed by atoms with van der Waals surface area (Å²) in [5, 5.41) is 16.3. The van der Waals surface area contributed by atoms with Crippen LogP contribution in [-0.4, -0.2) is 27.6 Å². The van der Waals surface area contributed by atoms with E-state index in [0.29, 0.717) is 23.2 Å². The summed E-state index contributed by atoms with van der Waals surface area (Å²) in [4.78, 5) is 16.9. The molecule has 2 aromatic heterocycles. The molecule has 0 radical (unpaired) electrons. The molecule has 3 aromatic rings. The van der Waals surface area contributed by atoms with Crippen LogP contribution in [0.4, 0.5) is 4.39 Å². The fraction of sp³-hybridized carbons (Fsp3) is 0.333. The molecule has 7 nitrogen and oxygen atoms in total. The average Bonchev–Trinajstić information content (AvgIpc) is 3.10. The second-order valence-electron chi connectivity index (χ2n) is 6.85. The van der Waals surface area contributed by atoms with E-state index in [2.05, 4.69) is 21.5 Å². The molecule has 0 bridgehead atoms. The van der Waals surface area contributed by atoms with Crippen LogP contribution in [0.5, 0.6) is 5.75 Å². The maximum absolute atomic E-state index is 13.9. The SMILES string of the molecule is COc1ccc(C(C)NC(=O)CCc2c(C)nc3c(C#N)cnn3c2C)cc1F. The summed E-state index contributed by atoms with van der Waals surface area (Å²) < 4.78 is 20.4. The number of hydrogen-bond donors (Lipinski definition) is 1. The van der Waals surface area contributed by atoms with Crippen molar-refractivity contribution in [1.82, 2.24) is 19.9 Å².